The fraction of sp³-hybridized carbons (Fsp3) is 0.576. The van der Waals surface area contributed by atoms with Gasteiger partial charge in [-0.15, -0.1) is 6.58 Å². The van der Waals surface area contributed by atoms with Gasteiger partial charge in [0, 0.05) is 0 Å². The van der Waals surface area contributed by atoms with Crippen molar-refractivity contribution in [2.45, 2.75) is 109 Å². The molecule has 0 bridgehead atoms. The van der Waals surface area contributed by atoms with E-state index < -0.39 is 12.2 Å². The second-order valence-corrected chi connectivity index (χ2v) is 11.3. The van der Waals surface area contributed by atoms with Crippen LogP contribution < -0.4 is 0 Å². The van der Waals surface area contributed by atoms with Crippen molar-refractivity contribution in [2.24, 2.45) is 11.8 Å². The molecule has 0 N–H and O–H groups in total. The number of benzene rings is 2. The average molecular weight is 495 g/mol. The maximum atomic E-state index is 15.0. The van der Waals surface area contributed by atoms with Crippen molar-refractivity contribution in [3.8, 4) is 0 Å². The molecule has 2 fully saturated rings. The Hall–Kier alpha value is -2.00. The van der Waals surface area contributed by atoms with Gasteiger partial charge in [0.25, 0.3) is 0 Å². The highest BCUT2D eigenvalue weighted by atomic mass is 19.3. The van der Waals surface area contributed by atoms with Gasteiger partial charge < -0.3 is 4.74 Å². The molecular weight excluding hydrogens is 450 g/mol. The minimum absolute atomic E-state index is 0.0747. The highest BCUT2D eigenvalue weighted by Gasteiger charge is 2.35. The molecule has 1 atom stereocenters. The molecule has 0 radical (unpaired) electrons. The summed E-state index contributed by atoms with van der Waals surface area (Å²) >= 11 is 0. The summed E-state index contributed by atoms with van der Waals surface area (Å²) in [6.07, 6.45) is 11.6. The molecule has 0 amide bonds. The lowest BCUT2D eigenvalue weighted by atomic mass is 9.77. The zero-order chi connectivity index (χ0) is 25.5. The molecule has 0 aromatic heterocycles. The highest BCUT2D eigenvalue weighted by molar-refractivity contribution is 5.29. The third-order valence-electron chi connectivity index (χ3n) is 8.84. The number of hydrogen-bond donors (Lipinski definition) is 0. The molecule has 2 saturated carbocycles. The predicted octanol–water partition coefficient (Wildman–Crippen LogP) is 10.4. The van der Waals surface area contributed by atoms with Gasteiger partial charge in [0.15, 0.2) is 0 Å². The molecule has 2 aliphatic carbocycles. The molecule has 196 valence electrons. The molecular formula is C33H44F2O. The van der Waals surface area contributed by atoms with Crippen LogP contribution >= 0.6 is 0 Å². The molecule has 1 unspecified atom stereocenters. The Morgan fingerprint density at radius 3 is 1.92 bits per heavy atom. The Morgan fingerprint density at radius 1 is 0.861 bits per heavy atom. The van der Waals surface area contributed by atoms with Crippen LogP contribution in [0.1, 0.15) is 125 Å². The molecule has 0 aliphatic heterocycles. The second kappa shape index (κ2) is 12.5. The molecule has 0 heterocycles. The van der Waals surface area contributed by atoms with Crippen molar-refractivity contribution < 1.29 is 13.5 Å². The summed E-state index contributed by atoms with van der Waals surface area (Å²) in [5.41, 5.74) is 3.21. The average Bonchev–Trinajstić information content (AvgIpc) is 2.92. The van der Waals surface area contributed by atoms with E-state index in [2.05, 4.69) is 25.6 Å². The van der Waals surface area contributed by atoms with E-state index in [4.69, 9.17) is 4.74 Å². The van der Waals surface area contributed by atoms with E-state index in [0.29, 0.717) is 17.8 Å². The quantitative estimate of drug-likeness (QED) is 0.298. The van der Waals surface area contributed by atoms with Gasteiger partial charge in [-0.3, -0.25) is 0 Å². The summed E-state index contributed by atoms with van der Waals surface area (Å²) in [5, 5.41) is 0. The SMILES string of the molecule is C=CC1CCC(c2ccc(C(F)(F)OC(C)c3ccc(C4CCC(CCCC)CC4)cc3)cc2)CC1. The molecule has 0 saturated heterocycles. The molecule has 4 rings (SSSR count). The molecule has 2 aromatic carbocycles. The Balaban J connectivity index is 1.31. The maximum absolute atomic E-state index is 15.0. The van der Waals surface area contributed by atoms with E-state index in [1.54, 1.807) is 19.1 Å². The standard InChI is InChI=1S/C33H44F2O/c1-4-6-7-26-10-14-29(15-11-26)30-18-16-27(17-19-30)24(3)36-33(34,35)32-22-20-31(21-23-32)28-12-8-25(5-2)9-13-28/h5,16-26,28-29H,2,4,6-15H2,1,3H3. The highest BCUT2D eigenvalue weighted by Crippen LogP contribution is 2.40. The summed E-state index contributed by atoms with van der Waals surface area (Å²) in [7, 11) is 0. The zero-order valence-corrected chi connectivity index (χ0v) is 22.2. The van der Waals surface area contributed by atoms with Crippen LogP contribution in [0, 0.1) is 11.8 Å². The van der Waals surface area contributed by atoms with Gasteiger partial charge >= 0.3 is 6.11 Å². The van der Waals surface area contributed by atoms with Crippen molar-refractivity contribution in [1.29, 1.82) is 0 Å². The largest absolute Gasteiger partial charge is 0.383 e. The van der Waals surface area contributed by atoms with Gasteiger partial charge in [0.2, 0.25) is 0 Å². The first-order chi connectivity index (χ1) is 17.4. The minimum Gasteiger partial charge on any atom is -0.309 e. The molecule has 2 aromatic rings. The molecule has 3 heteroatoms. The fourth-order valence-corrected chi connectivity index (χ4v) is 6.31. The maximum Gasteiger partial charge on any atom is 0.383 e. The number of alkyl halides is 2. The summed E-state index contributed by atoms with van der Waals surface area (Å²) in [6.45, 7) is 7.89. The number of allylic oxidation sites excluding steroid dienone is 1. The van der Waals surface area contributed by atoms with Crippen LogP contribution in [-0.4, -0.2) is 0 Å². The van der Waals surface area contributed by atoms with E-state index >= 15 is 8.78 Å². The Kier molecular flexibility index (Phi) is 9.39. The van der Waals surface area contributed by atoms with Crippen LogP contribution in [0.5, 0.6) is 0 Å². The van der Waals surface area contributed by atoms with Gasteiger partial charge in [0.05, 0.1) is 11.7 Å². The molecule has 0 spiro atoms. The van der Waals surface area contributed by atoms with Gasteiger partial charge in [-0.25, -0.2) is 0 Å². The second-order valence-electron chi connectivity index (χ2n) is 11.3. The zero-order valence-electron chi connectivity index (χ0n) is 22.2. The van der Waals surface area contributed by atoms with Crippen LogP contribution in [-0.2, 0) is 10.8 Å². The van der Waals surface area contributed by atoms with E-state index in [1.807, 2.05) is 30.3 Å². The number of rotatable bonds is 10. The lowest BCUT2D eigenvalue weighted by Gasteiger charge is -2.29. The van der Waals surface area contributed by atoms with Gasteiger partial charge in [0.1, 0.15) is 0 Å². The summed E-state index contributed by atoms with van der Waals surface area (Å²) < 4.78 is 35.4. The number of halogens is 2. The van der Waals surface area contributed by atoms with E-state index in [-0.39, 0.29) is 5.56 Å². The monoisotopic (exact) mass is 494 g/mol. The minimum atomic E-state index is -3.33. The van der Waals surface area contributed by atoms with E-state index in [1.165, 1.54) is 50.5 Å². The first kappa shape index (κ1) is 27.0. The van der Waals surface area contributed by atoms with Gasteiger partial charge in [-0.1, -0.05) is 80.8 Å². The van der Waals surface area contributed by atoms with Crippen LogP contribution in [0.3, 0.4) is 0 Å². The third-order valence-corrected chi connectivity index (χ3v) is 8.84. The topological polar surface area (TPSA) is 9.23 Å². The number of hydrogen-bond acceptors (Lipinski definition) is 1. The smallest absolute Gasteiger partial charge is 0.309 e. The fourth-order valence-electron chi connectivity index (χ4n) is 6.31. The number of unbranched alkanes of at least 4 members (excludes halogenated alkanes) is 1. The predicted molar refractivity (Wildman–Crippen MR) is 145 cm³/mol. The van der Waals surface area contributed by atoms with Crippen LogP contribution in [0.4, 0.5) is 8.78 Å². The van der Waals surface area contributed by atoms with Crippen molar-refractivity contribution in [3.05, 3.63) is 83.4 Å². The van der Waals surface area contributed by atoms with Crippen molar-refractivity contribution in [1.82, 2.24) is 0 Å². The van der Waals surface area contributed by atoms with Gasteiger partial charge in [-0.2, -0.15) is 8.78 Å². The third kappa shape index (κ3) is 6.85. The van der Waals surface area contributed by atoms with Crippen LogP contribution in [0.25, 0.3) is 0 Å². The Morgan fingerprint density at radius 2 is 1.39 bits per heavy atom. The van der Waals surface area contributed by atoms with E-state index in [0.717, 1.165) is 42.7 Å². The van der Waals surface area contributed by atoms with Crippen LogP contribution in [0.2, 0.25) is 0 Å². The summed E-state index contributed by atoms with van der Waals surface area (Å²) in [4.78, 5) is 0. The van der Waals surface area contributed by atoms with Crippen molar-refractivity contribution >= 4 is 0 Å². The van der Waals surface area contributed by atoms with Gasteiger partial charge in [-0.05, 0) is 98.7 Å². The Bertz CT molecular complexity index is 933. The summed E-state index contributed by atoms with van der Waals surface area (Å²) in [5.74, 6) is 2.53. The molecule has 36 heavy (non-hydrogen) atoms. The first-order valence-corrected chi connectivity index (χ1v) is 14.3. The Labute approximate surface area is 217 Å². The molecule has 2 aliphatic rings. The van der Waals surface area contributed by atoms with Crippen molar-refractivity contribution in [3.63, 3.8) is 0 Å². The first-order valence-electron chi connectivity index (χ1n) is 14.3. The van der Waals surface area contributed by atoms with Crippen LogP contribution in [0.15, 0.2) is 61.2 Å². The molecule has 1 nitrogen and oxygen atoms in total. The lowest BCUT2D eigenvalue weighted by molar-refractivity contribution is -0.272. The summed E-state index contributed by atoms with van der Waals surface area (Å²) in [6, 6.07) is 15.0. The number of ether oxygens (including phenoxy) is 1. The van der Waals surface area contributed by atoms with E-state index in [9.17, 15) is 0 Å². The van der Waals surface area contributed by atoms with Crippen molar-refractivity contribution in [2.75, 3.05) is 0 Å². The lowest BCUT2D eigenvalue weighted by Crippen LogP contribution is -2.20. The normalized spacial score (nSPS) is 25.9.